The molecular weight excluding hydrogens is 540 g/mol. The molecule has 0 unspecified atom stereocenters. The summed E-state index contributed by atoms with van der Waals surface area (Å²) in [5, 5.41) is 12.5. The normalized spacial score (nSPS) is 15.9. The standard InChI is InChI=1S/C31H32N4O5S/c1-23(31(36)37)33-41(38,39)35-18-16-34(17-19-35)27-12-9-24(10-13-27)7-8-25-11-14-30-28(21-25)29(15-20-40-30)32-22-26-5-3-2-4-6-26/h2-6,9-15,21,23,32-33H,16-20,22H2,1H3,(H,36,37)/t23-/m1/s1. The molecule has 41 heavy (non-hydrogen) atoms. The fourth-order valence-corrected chi connectivity index (χ4v) is 6.00. The van der Waals surface area contributed by atoms with Gasteiger partial charge in [-0.1, -0.05) is 42.2 Å². The molecule has 0 radical (unpaired) electrons. The van der Waals surface area contributed by atoms with E-state index in [4.69, 9.17) is 9.84 Å². The largest absolute Gasteiger partial charge is 0.489 e. The summed E-state index contributed by atoms with van der Waals surface area (Å²) in [6.45, 7) is 4.08. The minimum atomic E-state index is -3.86. The zero-order valence-electron chi connectivity index (χ0n) is 22.7. The summed E-state index contributed by atoms with van der Waals surface area (Å²) in [6, 6.07) is 22.9. The summed E-state index contributed by atoms with van der Waals surface area (Å²) in [6.07, 6.45) is 2.05. The third-order valence-corrected chi connectivity index (χ3v) is 8.68. The van der Waals surface area contributed by atoms with Crippen molar-refractivity contribution >= 4 is 27.6 Å². The van der Waals surface area contributed by atoms with Gasteiger partial charge >= 0.3 is 5.97 Å². The van der Waals surface area contributed by atoms with Crippen molar-refractivity contribution in [3.63, 3.8) is 0 Å². The highest BCUT2D eigenvalue weighted by molar-refractivity contribution is 7.87. The van der Waals surface area contributed by atoms with Crippen LogP contribution in [0.5, 0.6) is 5.75 Å². The van der Waals surface area contributed by atoms with Gasteiger partial charge in [-0.2, -0.15) is 17.4 Å². The van der Waals surface area contributed by atoms with E-state index in [0.717, 1.165) is 40.4 Å². The second-order valence-corrected chi connectivity index (χ2v) is 11.5. The molecule has 2 aliphatic rings. The van der Waals surface area contributed by atoms with E-state index in [2.05, 4.69) is 38.9 Å². The summed E-state index contributed by atoms with van der Waals surface area (Å²) < 4.78 is 34.2. The lowest BCUT2D eigenvalue weighted by molar-refractivity contribution is -0.138. The van der Waals surface area contributed by atoms with Crippen molar-refractivity contribution in [3.05, 3.63) is 101 Å². The molecule has 0 spiro atoms. The molecule has 0 amide bonds. The van der Waals surface area contributed by atoms with Gasteiger partial charge in [-0.25, -0.2) is 0 Å². The van der Waals surface area contributed by atoms with Crippen LogP contribution in [-0.4, -0.2) is 62.6 Å². The Morgan fingerprint density at radius 2 is 1.66 bits per heavy atom. The van der Waals surface area contributed by atoms with Crippen LogP contribution in [0.1, 0.15) is 29.2 Å². The Kier molecular flexibility index (Phi) is 8.59. The zero-order valence-corrected chi connectivity index (χ0v) is 23.5. The number of rotatable bonds is 8. The number of carbonyl (C=O) groups is 1. The highest BCUT2D eigenvalue weighted by Gasteiger charge is 2.29. The van der Waals surface area contributed by atoms with Crippen LogP contribution in [0.2, 0.25) is 0 Å². The van der Waals surface area contributed by atoms with Gasteiger partial charge < -0.3 is 20.1 Å². The average Bonchev–Trinajstić information content (AvgIpc) is 2.99. The fraction of sp³-hybridized carbons (Fsp3) is 0.258. The van der Waals surface area contributed by atoms with Gasteiger partial charge in [-0.05, 0) is 61.0 Å². The van der Waals surface area contributed by atoms with E-state index in [9.17, 15) is 13.2 Å². The fourth-order valence-electron chi connectivity index (χ4n) is 4.66. The number of nitrogens with zero attached hydrogens (tertiary/aromatic N) is 2. The number of benzene rings is 3. The summed E-state index contributed by atoms with van der Waals surface area (Å²) in [5.41, 5.74) is 5.95. The Morgan fingerprint density at radius 1 is 0.976 bits per heavy atom. The van der Waals surface area contributed by atoms with Gasteiger partial charge in [0.05, 0.1) is 0 Å². The number of nitrogens with one attached hydrogen (secondary N) is 2. The van der Waals surface area contributed by atoms with Crippen LogP contribution < -0.4 is 19.7 Å². The summed E-state index contributed by atoms with van der Waals surface area (Å²) in [4.78, 5) is 13.1. The van der Waals surface area contributed by atoms with E-state index in [1.165, 1.54) is 16.8 Å². The first kappa shape index (κ1) is 28.2. The lowest BCUT2D eigenvalue weighted by Gasteiger charge is -2.35. The van der Waals surface area contributed by atoms with Gasteiger partial charge in [-0.15, -0.1) is 0 Å². The number of fused-ring (bicyclic) bond motifs is 1. The van der Waals surface area contributed by atoms with Crippen LogP contribution in [0.4, 0.5) is 5.69 Å². The quantitative estimate of drug-likeness (QED) is 0.356. The lowest BCUT2D eigenvalue weighted by atomic mass is 10.0. The zero-order chi connectivity index (χ0) is 28.8. The molecule has 212 valence electrons. The number of carboxylic acids is 1. The van der Waals surface area contributed by atoms with Crippen molar-refractivity contribution in [2.45, 2.75) is 19.5 Å². The molecule has 3 N–H and O–H groups in total. The third kappa shape index (κ3) is 7.08. The maximum atomic E-state index is 12.5. The number of anilines is 1. The highest BCUT2D eigenvalue weighted by Crippen LogP contribution is 2.29. The summed E-state index contributed by atoms with van der Waals surface area (Å²) in [7, 11) is -3.86. The Labute approximate surface area is 240 Å². The van der Waals surface area contributed by atoms with Gasteiger partial charge in [-0.3, -0.25) is 4.79 Å². The van der Waals surface area contributed by atoms with Gasteiger partial charge in [0.2, 0.25) is 0 Å². The van der Waals surface area contributed by atoms with Gasteiger partial charge in [0.25, 0.3) is 10.2 Å². The predicted molar refractivity (Wildman–Crippen MR) is 159 cm³/mol. The van der Waals surface area contributed by atoms with Gasteiger partial charge in [0.1, 0.15) is 18.4 Å². The molecule has 0 bridgehead atoms. The molecule has 3 aromatic rings. The molecule has 10 heteroatoms. The number of ether oxygens (including phenoxy) is 1. The highest BCUT2D eigenvalue weighted by atomic mass is 32.2. The van der Waals surface area contributed by atoms with Crippen LogP contribution >= 0.6 is 0 Å². The van der Waals surface area contributed by atoms with Crippen molar-refractivity contribution in [2.24, 2.45) is 0 Å². The molecule has 2 heterocycles. The van der Waals surface area contributed by atoms with Gasteiger partial charge in [0.15, 0.2) is 0 Å². The van der Waals surface area contributed by atoms with E-state index >= 15 is 0 Å². The van der Waals surface area contributed by atoms with E-state index in [1.807, 2.05) is 66.7 Å². The molecule has 0 aliphatic carbocycles. The maximum absolute atomic E-state index is 12.5. The number of hydrogen-bond donors (Lipinski definition) is 3. The Hall–Kier alpha value is -4.30. The van der Waals surface area contributed by atoms with E-state index < -0.39 is 22.2 Å². The Bertz CT molecular complexity index is 1590. The predicted octanol–water partition coefficient (Wildman–Crippen LogP) is 3.04. The molecule has 1 atom stereocenters. The van der Waals surface area contributed by atoms with Crippen LogP contribution in [0.15, 0.2) is 78.9 Å². The van der Waals surface area contributed by atoms with Gasteiger partial charge in [0, 0.05) is 60.8 Å². The Balaban J connectivity index is 1.20. The van der Waals surface area contributed by atoms with Crippen LogP contribution in [-0.2, 0) is 21.5 Å². The molecular formula is C31H32N4O5S. The molecule has 9 nitrogen and oxygen atoms in total. The van der Waals surface area contributed by atoms with Crippen molar-refractivity contribution in [1.29, 1.82) is 0 Å². The summed E-state index contributed by atoms with van der Waals surface area (Å²) >= 11 is 0. The van der Waals surface area contributed by atoms with Crippen molar-refractivity contribution < 1.29 is 23.1 Å². The molecule has 2 aliphatic heterocycles. The topological polar surface area (TPSA) is 111 Å². The first-order chi connectivity index (χ1) is 19.8. The third-order valence-electron chi connectivity index (χ3n) is 6.98. The smallest absolute Gasteiger partial charge is 0.321 e. The number of carboxylic acid groups (broad SMARTS) is 1. The van der Waals surface area contributed by atoms with Crippen molar-refractivity contribution in [2.75, 3.05) is 37.7 Å². The molecule has 5 rings (SSSR count). The minimum Gasteiger partial charge on any atom is -0.489 e. The van der Waals surface area contributed by atoms with Crippen molar-refractivity contribution in [1.82, 2.24) is 14.3 Å². The van der Waals surface area contributed by atoms with Crippen LogP contribution in [0.3, 0.4) is 0 Å². The second kappa shape index (κ2) is 12.5. The number of hydrogen-bond acceptors (Lipinski definition) is 6. The first-order valence-corrected chi connectivity index (χ1v) is 14.8. The minimum absolute atomic E-state index is 0.266. The van der Waals surface area contributed by atoms with Crippen molar-refractivity contribution in [3.8, 4) is 17.6 Å². The number of aliphatic carboxylic acids is 1. The summed E-state index contributed by atoms with van der Waals surface area (Å²) in [5.74, 6) is 6.10. The maximum Gasteiger partial charge on any atom is 0.321 e. The SMILES string of the molecule is C[C@@H](NS(=O)(=O)N1CCN(c2ccc(C#Cc3ccc4c(c3)C(NCc3ccccc3)=CCO4)cc2)CC1)C(=O)O. The molecule has 3 aromatic carbocycles. The average molecular weight is 573 g/mol. The molecule has 1 fully saturated rings. The monoisotopic (exact) mass is 572 g/mol. The van der Waals surface area contributed by atoms with Crippen LogP contribution in [0, 0.1) is 11.8 Å². The Morgan fingerprint density at radius 3 is 2.37 bits per heavy atom. The second-order valence-electron chi connectivity index (χ2n) is 9.84. The lowest BCUT2D eigenvalue weighted by Crippen LogP contribution is -2.54. The van der Waals surface area contributed by atoms with Crippen LogP contribution in [0.25, 0.3) is 5.70 Å². The first-order valence-electron chi connectivity index (χ1n) is 13.4. The molecule has 0 aromatic heterocycles. The van der Waals surface area contributed by atoms with E-state index in [1.54, 1.807) is 0 Å². The van der Waals surface area contributed by atoms with E-state index in [0.29, 0.717) is 19.7 Å². The molecule has 1 saturated heterocycles. The molecule has 0 saturated carbocycles. The van der Waals surface area contributed by atoms with E-state index in [-0.39, 0.29) is 13.1 Å². The number of piperazine rings is 1.